The van der Waals surface area contributed by atoms with Gasteiger partial charge in [-0.2, -0.15) is 0 Å². The molecule has 0 aliphatic carbocycles. The molecule has 2 aromatic carbocycles. The Hall–Kier alpha value is -3.05. The highest BCUT2D eigenvalue weighted by molar-refractivity contribution is 14.1. The number of nitrogens with zero attached hydrogens (tertiary/aromatic N) is 3. The molecule has 2 atom stereocenters. The Kier molecular flexibility index (Phi) is 7.66. The van der Waals surface area contributed by atoms with Crippen molar-refractivity contribution < 1.29 is 14.7 Å². The number of hydrogen-bond acceptors (Lipinski definition) is 6. The largest absolute Gasteiger partial charge is 0.394 e. The third kappa shape index (κ3) is 5.15. The van der Waals surface area contributed by atoms with Crippen LogP contribution >= 0.6 is 22.6 Å². The number of hydrogen-bond donors (Lipinski definition) is 3. The first-order valence-electron chi connectivity index (χ1n) is 11.4. The van der Waals surface area contributed by atoms with Gasteiger partial charge in [0, 0.05) is 40.9 Å². The minimum Gasteiger partial charge on any atom is -0.394 e. The van der Waals surface area contributed by atoms with Crippen LogP contribution in [0.5, 0.6) is 0 Å². The molecule has 0 bridgehead atoms. The van der Waals surface area contributed by atoms with E-state index in [1.807, 2.05) is 49.4 Å². The quantitative estimate of drug-likeness (QED) is 0.276. The topological polar surface area (TPSA) is 107 Å². The molecule has 3 aromatic rings. The number of benzene rings is 2. The number of aliphatic hydroxyl groups excluding tert-OH is 1. The molecule has 0 radical (unpaired) electrons. The lowest BCUT2D eigenvalue weighted by molar-refractivity contribution is -0.126. The van der Waals surface area contributed by atoms with Crippen LogP contribution in [0.15, 0.2) is 48.7 Å². The molecule has 0 unspecified atom stereocenters. The van der Waals surface area contributed by atoms with E-state index in [2.05, 4.69) is 43.2 Å². The normalized spacial score (nSPS) is 14.4. The van der Waals surface area contributed by atoms with Gasteiger partial charge in [0.2, 0.25) is 11.9 Å². The summed E-state index contributed by atoms with van der Waals surface area (Å²) in [4.78, 5) is 36.8. The summed E-state index contributed by atoms with van der Waals surface area (Å²) in [6.07, 6.45) is 1.79. The van der Waals surface area contributed by atoms with Crippen molar-refractivity contribution in [3.63, 3.8) is 0 Å². The molecular formula is C26H28IN5O3. The second kappa shape index (κ2) is 10.7. The number of rotatable bonds is 8. The standard InChI is InChI=1S/C26H28IN5O3/c1-15-5-4-6-17(9-15)22(14-33)30-24(34)16(2)32-13-19-8-7-18(10-21(19)25(32)35)23-20(11-27)12-29-26(28-3)31-23/h4-10,12,16,22,33H,11,13-14H2,1-3H3,(H,30,34)(H,28,29,31)/t16-,22-/m1/s1. The first kappa shape index (κ1) is 25.1. The number of aromatic nitrogens is 2. The van der Waals surface area contributed by atoms with E-state index in [-0.39, 0.29) is 18.4 Å². The summed E-state index contributed by atoms with van der Waals surface area (Å²) in [6.45, 7) is 3.79. The molecule has 0 saturated carbocycles. The molecule has 9 heteroatoms. The molecule has 8 nitrogen and oxygen atoms in total. The monoisotopic (exact) mass is 585 g/mol. The summed E-state index contributed by atoms with van der Waals surface area (Å²) < 4.78 is 0.735. The lowest BCUT2D eigenvalue weighted by atomic mass is 10.0. The van der Waals surface area contributed by atoms with Crippen molar-refractivity contribution in [3.05, 3.63) is 76.5 Å². The molecule has 182 valence electrons. The number of halogens is 1. The molecular weight excluding hydrogens is 557 g/mol. The zero-order chi connectivity index (χ0) is 25.1. The summed E-state index contributed by atoms with van der Waals surface area (Å²) >= 11 is 2.27. The highest BCUT2D eigenvalue weighted by atomic mass is 127. The van der Waals surface area contributed by atoms with Crippen molar-refractivity contribution in [2.45, 2.75) is 36.9 Å². The molecule has 3 N–H and O–H groups in total. The summed E-state index contributed by atoms with van der Waals surface area (Å²) in [5.41, 5.74) is 5.90. The molecule has 2 amide bonds. The SMILES string of the molecule is CNc1ncc(CI)c(-c2ccc3c(c2)C(=O)N([C@H](C)C(=O)N[C@H](CO)c2cccc(C)c2)C3)n1. The summed E-state index contributed by atoms with van der Waals surface area (Å²) in [5.74, 6) is 0.00696. The van der Waals surface area contributed by atoms with Crippen molar-refractivity contribution in [2.24, 2.45) is 0 Å². The number of carbonyl (C=O) groups is 2. The first-order chi connectivity index (χ1) is 16.9. The zero-order valence-corrected chi connectivity index (χ0v) is 22.0. The molecule has 35 heavy (non-hydrogen) atoms. The van der Waals surface area contributed by atoms with Crippen LogP contribution in [0.25, 0.3) is 11.3 Å². The molecule has 2 heterocycles. The van der Waals surface area contributed by atoms with Crippen molar-refractivity contribution >= 4 is 40.4 Å². The number of alkyl halides is 1. The van der Waals surface area contributed by atoms with Gasteiger partial charge in [-0.3, -0.25) is 9.59 Å². The minimum atomic E-state index is -0.697. The lowest BCUT2D eigenvalue weighted by Gasteiger charge is -2.26. The fourth-order valence-electron chi connectivity index (χ4n) is 4.21. The molecule has 1 aliphatic rings. The van der Waals surface area contributed by atoms with E-state index in [0.717, 1.165) is 37.9 Å². The molecule has 1 aromatic heterocycles. The van der Waals surface area contributed by atoms with Gasteiger partial charge in [0.15, 0.2) is 0 Å². The Labute approximate surface area is 218 Å². The average molecular weight is 585 g/mol. The highest BCUT2D eigenvalue weighted by Crippen LogP contribution is 2.31. The maximum absolute atomic E-state index is 13.3. The van der Waals surface area contributed by atoms with E-state index in [9.17, 15) is 14.7 Å². The second-order valence-electron chi connectivity index (χ2n) is 8.59. The molecule has 1 aliphatic heterocycles. The molecule has 0 saturated heterocycles. The number of carbonyl (C=O) groups excluding carboxylic acids is 2. The van der Waals surface area contributed by atoms with E-state index in [0.29, 0.717) is 18.1 Å². The Bertz CT molecular complexity index is 1270. The fraction of sp³-hybridized carbons (Fsp3) is 0.308. The predicted molar refractivity (Wildman–Crippen MR) is 143 cm³/mol. The van der Waals surface area contributed by atoms with Crippen LogP contribution in [0.2, 0.25) is 0 Å². The molecule has 0 spiro atoms. The smallest absolute Gasteiger partial charge is 0.255 e. The maximum Gasteiger partial charge on any atom is 0.255 e. The van der Waals surface area contributed by atoms with E-state index < -0.39 is 12.1 Å². The van der Waals surface area contributed by atoms with Crippen molar-refractivity contribution in [3.8, 4) is 11.3 Å². The Balaban J connectivity index is 1.54. The summed E-state index contributed by atoms with van der Waals surface area (Å²) in [6, 6.07) is 12.1. The molecule has 0 fully saturated rings. The minimum absolute atomic E-state index is 0.195. The highest BCUT2D eigenvalue weighted by Gasteiger charge is 2.35. The predicted octanol–water partition coefficient (Wildman–Crippen LogP) is 3.62. The number of anilines is 1. The van der Waals surface area contributed by atoms with Crippen LogP contribution in [0.1, 0.15) is 45.6 Å². The van der Waals surface area contributed by atoms with Crippen molar-refractivity contribution in [1.82, 2.24) is 20.2 Å². The second-order valence-corrected chi connectivity index (χ2v) is 9.35. The van der Waals surface area contributed by atoms with E-state index in [4.69, 9.17) is 0 Å². The van der Waals surface area contributed by atoms with Gasteiger partial charge >= 0.3 is 0 Å². The zero-order valence-electron chi connectivity index (χ0n) is 19.9. The van der Waals surface area contributed by atoms with Gasteiger partial charge in [-0.25, -0.2) is 9.97 Å². The summed E-state index contributed by atoms with van der Waals surface area (Å²) in [5, 5.41) is 15.7. The van der Waals surface area contributed by atoms with Gasteiger partial charge in [0.25, 0.3) is 5.91 Å². The Morgan fingerprint density at radius 1 is 1.26 bits per heavy atom. The third-order valence-electron chi connectivity index (χ3n) is 6.24. The number of nitrogens with one attached hydrogen (secondary N) is 2. The van der Waals surface area contributed by atoms with Crippen LogP contribution in [0.4, 0.5) is 5.95 Å². The van der Waals surface area contributed by atoms with Crippen LogP contribution in [-0.4, -0.2) is 51.5 Å². The van der Waals surface area contributed by atoms with Crippen molar-refractivity contribution in [1.29, 1.82) is 0 Å². The van der Waals surface area contributed by atoms with E-state index in [1.165, 1.54) is 0 Å². The van der Waals surface area contributed by atoms with Gasteiger partial charge in [-0.15, -0.1) is 0 Å². The Morgan fingerprint density at radius 3 is 2.74 bits per heavy atom. The van der Waals surface area contributed by atoms with Gasteiger partial charge in [0.1, 0.15) is 6.04 Å². The number of amides is 2. The molecule has 4 rings (SSSR count). The maximum atomic E-state index is 13.3. The summed E-state index contributed by atoms with van der Waals surface area (Å²) in [7, 11) is 1.76. The fourth-order valence-corrected chi connectivity index (χ4v) is 4.77. The Morgan fingerprint density at radius 2 is 2.06 bits per heavy atom. The van der Waals surface area contributed by atoms with Crippen LogP contribution in [0, 0.1) is 6.92 Å². The first-order valence-corrected chi connectivity index (χ1v) is 12.9. The number of fused-ring (bicyclic) bond motifs is 1. The van der Waals surface area contributed by atoms with Crippen molar-refractivity contribution in [2.75, 3.05) is 19.0 Å². The van der Waals surface area contributed by atoms with E-state index >= 15 is 0 Å². The number of aliphatic hydroxyl groups is 1. The third-order valence-corrected chi connectivity index (χ3v) is 7.06. The lowest BCUT2D eigenvalue weighted by Crippen LogP contribution is -2.46. The van der Waals surface area contributed by atoms with Gasteiger partial charge < -0.3 is 20.6 Å². The van der Waals surface area contributed by atoms with Gasteiger partial charge in [-0.05, 0) is 31.0 Å². The van der Waals surface area contributed by atoms with Gasteiger partial charge in [-0.1, -0.05) is 64.6 Å². The van der Waals surface area contributed by atoms with Crippen LogP contribution in [0.3, 0.4) is 0 Å². The van der Waals surface area contributed by atoms with Crippen LogP contribution < -0.4 is 10.6 Å². The van der Waals surface area contributed by atoms with Crippen LogP contribution in [-0.2, 0) is 15.8 Å². The van der Waals surface area contributed by atoms with E-state index in [1.54, 1.807) is 25.1 Å². The average Bonchev–Trinajstić information content (AvgIpc) is 3.21. The number of aryl methyl sites for hydroxylation is 1. The van der Waals surface area contributed by atoms with Gasteiger partial charge in [0.05, 0.1) is 18.3 Å².